The molecule has 1 amide bonds. The Morgan fingerprint density at radius 1 is 0.793 bits per heavy atom. The zero-order chi connectivity index (χ0) is 21.0. The molecule has 0 saturated heterocycles. The lowest BCUT2D eigenvalue weighted by Crippen LogP contribution is -2.10. The molecule has 0 unspecified atom stereocenters. The van der Waals surface area contributed by atoms with Gasteiger partial charge in [-0.15, -0.1) is 0 Å². The lowest BCUT2D eigenvalue weighted by Gasteiger charge is -2.19. The number of carbonyl (C=O) groups is 1. The van der Waals surface area contributed by atoms with Gasteiger partial charge in [0.05, 0.1) is 0 Å². The number of hydrogen-bond acceptors (Lipinski definition) is 5. The molecule has 1 aromatic heterocycles. The second kappa shape index (κ2) is 8.31. The number of rotatable bonds is 5. The van der Waals surface area contributed by atoms with Crippen LogP contribution in [0.3, 0.4) is 0 Å². The van der Waals surface area contributed by atoms with Gasteiger partial charge >= 0.3 is 0 Å². The number of aromatic nitrogens is 2. The number of amides is 1. The summed E-state index contributed by atoms with van der Waals surface area (Å²) in [5.74, 6) is 1.99. The summed E-state index contributed by atoms with van der Waals surface area (Å²) < 4.78 is 0. The Balaban J connectivity index is 1.73. The normalized spacial score (nSPS) is 11.1. The summed E-state index contributed by atoms with van der Waals surface area (Å²) in [5.41, 5.74) is 4.01. The Morgan fingerprint density at radius 2 is 1.24 bits per heavy atom. The van der Waals surface area contributed by atoms with E-state index in [1.807, 2.05) is 37.3 Å². The number of benzene rings is 2. The lowest BCUT2D eigenvalue weighted by atomic mass is 9.87. The molecule has 3 aromatic rings. The van der Waals surface area contributed by atoms with Gasteiger partial charge in [0.2, 0.25) is 5.91 Å². The fourth-order valence-electron chi connectivity index (χ4n) is 2.89. The predicted molar refractivity (Wildman–Crippen MR) is 119 cm³/mol. The molecule has 0 aliphatic carbocycles. The monoisotopic (exact) mass is 389 g/mol. The van der Waals surface area contributed by atoms with Crippen molar-refractivity contribution in [3.63, 3.8) is 0 Å². The van der Waals surface area contributed by atoms with Gasteiger partial charge in [0, 0.05) is 30.1 Å². The molecule has 1 heterocycles. The summed E-state index contributed by atoms with van der Waals surface area (Å²) in [7, 11) is 0. The maximum atomic E-state index is 11.1. The van der Waals surface area contributed by atoms with Crippen LogP contribution in [0.1, 0.15) is 39.1 Å². The summed E-state index contributed by atoms with van der Waals surface area (Å²) in [6.07, 6.45) is 0. The van der Waals surface area contributed by atoms with Crippen LogP contribution in [0.5, 0.6) is 0 Å². The van der Waals surface area contributed by atoms with E-state index in [-0.39, 0.29) is 11.3 Å². The molecule has 0 bridgehead atoms. The van der Waals surface area contributed by atoms with Crippen LogP contribution in [-0.4, -0.2) is 15.9 Å². The predicted octanol–water partition coefficient (Wildman–Crippen LogP) is 5.53. The van der Waals surface area contributed by atoms with Crippen molar-refractivity contribution in [2.75, 3.05) is 16.0 Å². The molecule has 3 rings (SSSR count). The first kappa shape index (κ1) is 20.3. The molecule has 3 N–H and O–H groups in total. The van der Waals surface area contributed by atoms with Gasteiger partial charge in [0.1, 0.15) is 17.5 Å². The number of carbonyl (C=O) groups excluding carboxylic acids is 1. The Labute approximate surface area is 171 Å². The van der Waals surface area contributed by atoms with E-state index in [0.29, 0.717) is 11.6 Å². The molecule has 6 heteroatoms. The molecule has 0 radical (unpaired) electrons. The minimum atomic E-state index is -0.0941. The van der Waals surface area contributed by atoms with Gasteiger partial charge in [-0.3, -0.25) is 4.79 Å². The van der Waals surface area contributed by atoms with Gasteiger partial charge < -0.3 is 16.0 Å². The van der Waals surface area contributed by atoms with Crippen LogP contribution >= 0.6 is 0 Å². The molecule has 0 saturated carbocycles. The van der Waals surface area contributed by atoms with E-state index < -0.39 is 0 Å². The van der Waals surface area contributed by atoms with E-state index in [2.05, 4.69) is 71.0 Å². The molecule has 150 valence electrons. The van der Waals surface area contributed by atoms with Crippen LogP contribution in [0.4, 0.5) is 28.7 Å². The van der Waals surface area contributed by atoms with Crippen LogP contribution in [-0.2, 0) is 10.2 Å². The summed E-state index contributed by atoms with van der Waals surface area (Å²) >= 11 is 0. The highest BCUT2D eigenvalue weighted by atomic mass is 16.1. The van der Waals surface area contributed by atoms with Crippen LogP contribution in [0.15, 0.2) is 54.6 Å². The third-order valence-corrected chi connectivity index (χ3v) is 4.34. The average Bonchev–Trinajstić information content (AvgIpc) is 2.62. The number of hydrogen-bond donors (Lipinski definition) is 3. The molecule has 0 aliphatic rings. The highest BCUT2D eigenvalue weighted by molar-refractivity contribution is 5.88. The fourth-order valence-corrected chi connectivity index (χ4v) is 2.89. The highest BCUT2D eigenvalue weighted by Gasteiger charge is 2.13. The first-order valence-electron chi connectivity index (χ1n) is 9.57. The van der Waals surface area contributed by atoms with E-state index in [9.17, 15) is 4.79 Å². The van der Waals surface area contributed by atoms with Crippen molar-refractivity contribution < 1.29 is 4.79 Å². The van der Waals surface area contributed by atoms with Crippen molar-refractivity contribution in [3.05, 3.63) is 66.0 Å². The number of nitrogens with one attached hydrogen (secondary N) is 3. The number of aryl methyl sites for hydroxylation is 1. The minimum Gasteiger partial charge on any atom is -0.340 e. The van der Waals surface area contributed by atoms with E-state index in [0.717, 1.165) is 22.9 Å². The third kappa shape index (κ3) is 5.78. The Morgan fingerprint density at radius 3 is 1.69 bits per heavy atom. The molecule has 0 spiro atoms. The Bertz CT molecular complexity index is 989. The third-order valence-electron chi connectivity index (χ3n) is 4.34. The van der Waals surface area contributed by atoms with Crippen molar-refractivity contribution in [2.45, 2.75) is 40.0 Å². The molecule has 2 aromatic carbocycles. The molecule has 29 heavy (non-hydrogen) atoms. The van der Waals surface area contributed by atoms with Crippen molar-refractivity contribution in [1.29, 1.82) is 0 Å². The second-order valence-electron chi connectivity index (χ2n) is 8.02. The second-order valence-corrected chi connectivity index (χ2v) is 8.02. The van der Waals surface area contributed by atoms with Crippen LogP contribution < -0.4 is 16.0 Å². The number of anilines is 5. The SMILES string of the molecule is CC(=O)Nc1ccc(Nc2cc(Nc3ccc(C(C)(C)C)cc3)nc(C)n2)cc1. The van der Waals surface area contributed by atoms with Gasteiger partial charge in [0.25, 0.3) is 0 Å². The van der Waals surface area contributed by atoms with E-state index in [1.54, 1.807) is 0 Å². The van der Waals surface area contributed by atoms with Gasteiger partial charge in [-0.1, -0.05) is 32.9 Å². The molecule has 0 atom stereocenters. The van der Waals surface area contributed by atoms with Crippen LogP contribution in [0.2, 0.25) is 0 Å². The first-order chi connectivity index (χ1) is 13.7. The van der Waals surface area contributed by atoms with Crippen molar-refractivity contribution in [2.24, 2.45) is 0 Å². The van der Waals surface area contributed by atoms with Crippen LogP contribution in [0.25, 0.3) is 0 Å². The Kier molecular flexibility index (Phi) is 5.82. The molecule has 6 nitrogen and oxygen atoms in total. The first-order valence-corrected chi connectivity index (χ1v) is 9.57. The smallest absolute Gasteiger partial charge is 0.221 e. The minimum absolute atomic E-state index is 0.0941. The Hall–Kier alpha value is -3.41. The number of nitrogens with zero attached hydrogens (tertiary/aromatic N) is 2. The largest absolute Gasteiger partial charge is 0.340 e. The maximum Gasteiger partial charge on any atom is 0.221 e. The standard InChI is InChI=1S/C23H27N5O/c1-15-24-21(27-19-8-6-17(7-9-19)23(3,4)5)14-22(25-15)28-20-12-10-18(11-13-20)26-16(2)29/h6-14H,1-5H3,(H,26,29)(H2,24,25,27,28). The molecular formula is C23H27N5O. The zero-order valence-corrected chi connectivity index (χ0v) is 17.5. The average molecular weight is 390 g/mol. The highest BCUT2D eigenvalue weighted by Crippen LogP contribution is 2.25. The quantitative estimate of drug-likeness (QED) is 0.535. The van der Waals surface area contributed by atoms with Gasteiger partial charge in [-0.25, -0.2) is 9.97 Å². The van der Waals surface area contributed by atoms with Gasteiger partial charge in [-0.2, -0.15) is 0 Å². The zero-order valence-electron chi connectivity index (χ0n) is 17.5. The topological polar surface area (TPSA) is 78.9 Å². The summed E-state index contributed by atoms with van der Waals surface area (Å²) in [5, 5.41) is 9.37. The summed E-state index contributed by atoms with van der Waals surface area (Å²) in [6.45, 7) is 9.94. The van der Waals surface area contributed by atoms with Crippen molar-refractivity contribution >= 4 is 34.6 Å². The van der Waals surface area contributed by atoms with E-state index in [4.69, 9.17) is 0 Å². The summed E-state index contributed by atoms with van der Waals surface area (Å²) in [6, 6.07) is 17.7. The molecule has 0 aliphatic heterocycles. The fraction of sp³-hybridized carbons (Fsp3) is 0.261. The lowest BCUT2D eigenvalue weighted by molar-refractivity contribution is -0.114. The van der Waals surface area contributed by atoms with Crippen molar-refractivity contribution in [3.8, 4) is 0 Å². The van der Waals surface area contributed by atoms with Crippen LogP contribution in [0, 0.1) is 6.92 Å². The van der Waals surface area contributed by atoms with Gasteiger partial charge in [-0.05, 0) is 54.3 Å². The molecule has 0 fully saturated rings. The van der Waals surface area contributed by atoms with E-state index >= 15 is 0 Å². The molecular weight excluding hydrogens is 362 g/mol. The van der Waals surface area contributed by atoms with E-state index in [1.165, 1.54) is 12.5 Å². The summed E-state index contributed by atoms with van der Waals surface area (Å²) in [4.78, 5) is 20.1. The van der Waals surface area contributed by atoms with Crippen molar-refractivity contribution in [1.82, 2.24) is 9.97 Å². The van der Waals surface area contributed by atoms with Gasteiger partial charge in [0.15, 0.2) is 0 Å². The maximum absolute atomic E-state index is 11.1.